The van der Waals surface area contributed by atoms with Crippen molar-refractivity contribution in [3.8, 4) is 11.1 Å². The average molecular weight is 523 g/mol. The zero-order valence-electron chi connectivity index (χ0n) is 23.1. The first-order valence-electron chi connectivity index (χ1n) is 13.3. The molecule has 39 heavy (non-hydrogen) atoms. The molecule has 1 aliphatic heterocycles. The highest BCUT2D eigenvalue weighted by Gasteiger charge is 2.52. The van der Waals surface area contributed by atoms with Gasteiger partial charge >= 0.3 is 13.2 Å². The number of hydrogen-bond donors (Lipinski definition) is 1. The van der Waals surface area contributed by atoms with Crippen LogP contribution in [0.1, 0.15) is 66.2 Å². The third-order valence-corrected chi connectivity index (χ3v) is 8.11. The fourth-order valence-electron chi connectivity index (χ4n) is 5.16. The lowest BCUT2D eigenvalue weighted by atomic mass is 9.77. The van der Waals surface area contributed by atoms with Gasteiger partial charge in [0.05, 0.1) is 11.2 Å². The maximum Gasteiger partial charge on any atom is 0.492 e. The van der Waals surface area contributed by atoms with E-state index in [9.17, 15) is 9.59 Å². The number of hydrogen-bond acceptors (Lipinski definition) is 5. The fraction of sp³-hybridized carbons (Fsp3) is 0.312. The predicted octanol–water partition coefficient (Wildman–Crippen LogP) is 6.36. The predicted molar refractivity (Wildman–Crippen MR) is 154 cm³/mol. The molecule has 1 heterocycles. The molecule has 1 fully saturated rings. The SMILES string of the molecule is Cc1cc(C=C(CNC(=O)OCC2c3ccccc3-c3ccccc32)B2OC(C)(C)C(C)(C)O2)ccc1C=O. The maximum atomic E-state index is 12.9. The molecule has 2 aliphatic rings. The van der Waals surface area contributed by atoms with Gasteiger partial charge in [-0.05, 0) is 73.5 Å². The number of alkyl carbamates (subject to hydrolysis) is 1. The summed E-state index contributed by atoms with van der Waals surface area (Å²) in [5, 5.41) is 2.90. The van der Waals surface area contributed by atoms with Crippen molar-refractivity contribution in [3.05, 3.63) is 100 Å². The van der Waals surface area contributed by atoms with E-state index in [0.29, 0.717) is 5.56 Å². The minimum Gasteiger partial charge on any atom is -0.449 e. The fourth-order valence-corrected chi connectivity index (χ4v) is 5.16. The minimum atomic E-state index is -0.644. The first kappa shape index (κ1) is 26.9. The molecule has 1 N–H and O–H groups in total. The number of ether oxygens (including phenoxy) is 1. The number of amides is 1. The van der Waals surface area contributed by atoms with E-state index in [-0.39, 0.29) is 19.1 Å². The molecule has 0 saturated carbocycles. The van der Waals surface area contributed by atoms with Crippen LogP contribution in [-0.2, 0) is 14.0 Å². The Labute approximate surface area is 230 Å². The molecule has 0 bridgehead atoms. The van der Waals surface area contributed by atoms with Crippen LogP contribution in [0.2, 0.25) is 0 Å². The van der Waals surface area contributed by atoms with Crippen molar-refractivity contribution in [3.63, 3.8) is 0 Å². The number of aryl methyl sites for hydroxylation is 1. The van der Waals surface area contributed by atoms with Gasteiger partial charge in [-0.2, -0.15) is 0 Å². The number of carbonyl (C=O) groups is 2. The van der Waals surface area contributed by atoms with Gasteiger partial charge in [0, 0.05) is 18.0 Å². The monoisotopic (exact) mass is 523 g/mol. The molecule has 0 aromatic heterocycles. The summed E-state index contributed by atoms with van der Waals surface area (Å²) in [6.07, 6.45) is 2.27. The average Bonchev–Trinajstić information content (AvgIpc) is 3.34. The summed E-state index contributed by atoms with van der Waals surface area (Å²) in [5.74, 6) is -0.0134. The third-order valence-electron chi connectivity index (χ3n) is 8.11. The maximum absolute atomic E-state index is 12.9. The van der Waals surface area contributed by atoms with Crippen LogP contribution in [0.4, 0.5) is 4.79 Å². The second-order valence-electron chi connectivity index (χ2n) is 11.2. The standard InChI is InChI=1S/C32H34BNO5/c1-21-16-22(14-15-23(21)19-35)17-24(33-38-31(2,3)32(4,5)39-33)18-34-30(36)37-20-29-27-12-8-6-10-25(27)26-11-7-9-13-28(26)29/h6-17,19,29H,18,20H2,1-5H3,(H,34,36). The van der Waals surface area contributed by atoms with E-state index in [4.69, 9.17) is 14.0 Å². The first-order valence-corrected chi connectivity index (χ1v) is 13.3. The smallest absolute Gasteiger partial charge is 0.449 e. The molecule has 7 heteroatoms. The highest BCUT2D eigenvalue weighted by atomic mass is 16.7. The lowest BCUT2D eigenvalue weighted by Gasteiger charge is -2.32. The van der Waals surface area contributed by atoms with Gasteiger partial charge < -0.3 is 19.4 Å². The third kappa shape index (κ3) is 5.29. The molecule has 1 saturated heterocycles. The Morgan fingerprint density at radius 3 is 2.10 bits per heavy atom. The number of carbonyl (C=O) groups excluding carboxylic acids is 2. The second kappa shape index (κ2) is 10.5. The van der Waals surface area contributed by atoms with Crippen molar-refractivity contribution in [2.45, 2.75) is 51.7 Å². The molecule has 1 amide bonds. The molecular formula is C32H34BNO5. The van der Waals surface area contributed by atoms with E-state index in [1.165, 1.54) is 22.3 Å². The number of aldehydes is 1. The van der Waals surface area contributed by atoms with Crippen molar-refractivity contribution in [2.75, 3.05) is 13.2 Å². The molecule has 0 radical (unpaired) electrons. The summed E-state index contributed by atoms with van der Waals surface area (Å²) in [4.78, 5) is 24.2. The van der Waals surface area contributed by atoms with E-state index >= 15 is 0 Å². The largest absolute Gasteiger partial charge is 0.492 e. The highest BCUT2D eigenvalue weighted by molar-refractivity contribution is 6.56. The molecule has 6 nitrogen and oxygen atoms in total. The van der Waals surface area contributed by atoms with Gasteiger partial charge in [0.15, 0.2) is 0 Å². The quantitative estimate of drug-likeness (QED) is 0.288. The normalized spacial score (nSPS) is 17.5. The van der Waals surface area contributed by atoms with Gasteiger partial charge in [0.2, 0.25) is 0 Å². The summed E-state index contributed by atoms with van der Waals surface area (Å²) >= 11 is 0. The Balaban J connectivity index is 1.31. The zero-order valence-corrected chi connectivity index (χ0v) is 23.1. The molecule has 3 aromatic rings. The topological polar surface area (TPSA) is 73.9 Å². The van der Waals surface area contributed by atoms with E-state index in [1.807, 2.05) is 77.1 Å². The van der Waals surface area contributed by atoms with Crippen LogP contribution in [0.15, 0.2) is 72.2 Å². The minimum absolute atomic E-state index is 0.0134. The van der Waals surface area contributed by atoms with Crippen LogP contribution >= 0.6 is 0 Å². The Kier molecular flexibility index (Phi) is 7.23. The second-order valence-corrected chi connectivity index (χ2v) is 11.2. The molecule has 0 unspecified atom stereocenters. The van der Waals surface area contributed by atoms with Crippen LogP contribution in [0, 0.1) is 6.92 Å². The Bertz CT molecular complexity index is 1380. The van der Waals surface area contributed by atoms with E-state index in [0.717, 1.165) is 22.9 Å². The zero-order chi connectivity index (χ0) is 27.8. The van der Waals surface area contributed by atoms with Gasteiger partial charge in [-0.25, -0.2) is 4.79 Å². The summed E-state index contributed by atoms with van der Waals surface area (Å²) in [6.45, 7) is 10.3. The van der Waals surface area contributed by atoms with Crippen LogP contribution in [0.5, 0.6) is 0 Å². The van der Waals surface area contributed by atoms with Crippen molar-refractivity contribution in [2.24, 2.45) is 0 Å². The van der Waals surface area contributed by atoms with Crippen LogP contribution in [0.25, 0.3) is 17.2 Å². The van der Waals surface area contributed by atoms with E-state index in [2.05, 4.69) is 29.6 Å². The van der Waals surface area contributed by atoms with Crippen molar-refractivity contribution in [1.29, 1.82) is 0 Å². The molecular weight excluding hydrogens is 489 g/mol. The summed E-state index contributed by atoms with van der Waals surface area (Å²) in [7, 11) is -0.644. The van der Waals surface area contributed by atoms with Crippen molar-refractivity contribution in [1.82, 2.24) is 5.32 Å². The molecule has 3 aromatic carbocycles. The highest BCUT2D eigenvalue weighted by Crippen LogP contribution is 2.44. The number of benzene rings is 3. The van der Waals surface area contributed by atoms with Crippen LogP contribution in [-0.4, -0.2) is 43.9 Å². The van der Waals surface area contributed by atoms with Gasteiger partial charge in [-0.1, -0.05) is 72.8 Å². The molecule has 200 valence electrons. The van der Waals surface area contributed by atoms with Crippen LogP contribution < -0.4 is 5.32 Å². The first-order chi connectivity index (χ1) is 18.6. The number of rotatable bonds is 7. The number of nitrogens with one attached hydrogen (secondary N) is 1. The van der Waals surface area contributed by atoms with Gasteiger partial charge in [-0.3, -0.25) is 4.79 Å². The molecule has 0 atom stereocenters. The summed E-state index contributed by atoms with van der Waals surface area (Å²) in [5.41, 5.74) is 6.79. The Morgan fingerprint density at radius 1 is 0.949 bits per heavy atom. The van der Waals surface area contributed by atoms with E-state index in [1.54, 1.807) is 6.07 Å². The lowest BCUT2D eigenvalue weighted by molar-refractivity contribution is 0.00578. The summed E-state index contributed by atoms with van der Waals surface area (Å²) < 4.78 is 18.3. The Morgan fingerprint density at radius 2 is 1.54 bits per heavy atom. The molecule has 0 spiro atoms. The molecule has 5 rings (SSSR count). The Hall–Kier alpha value is -3.68. The number of fused-ring (bicyclic) bond motifs is 3. The van der Waals surface area contributed by atoms with Gasteiger partial charge in [0.25, 0.3) is 0 Å². The van der Waals surface area contributed by atoms with Gasteiger partial charge in [-0.15, -0.1) is 0 Å². The van der Waals surface area contributed by atoms with Crippen molar-refractivity contribution < 1.29 is 23.6 Å². The lowest BCUT2D eigenvalue weighted by Crippen LogP contribution is -2.41. The molecule has 1 aliphatic carbocycles. The van der Waals surface area contributed by atoms with Crippen molar-refractivity contribution >= 4 is 25.6 Å². The van der Waals surface area contributed by atoms with Crippen LogP contribution in [0.3, 0.4) is 0 Å². The summed E-state index contributed by atoms with van der Waals surface area (Å²) in [6, 6.07) is 22.1. The van der Waals surface area contributed by atoms with Gasteiger partial charge in [0.1, 0.15) is 12.9 Å². The van der Waals surface area contributed by atoms with E-state index < -0.39 is 24.4 Å².